The molecule has 1 heterocycles. The van der Waals surface area contributed by atoms with Gasteiger partial charge in [-0.2, -0.15) is 5.48 Å². The van der Waals surface area contributed by atoms with E-state index in [0.29, 0.717) is 25.5 Å². The molecule has 26 heavy (non-hydrogen) atoms. The molecule has 0 saturated carbocycles. The van der Waals surface area contributed by atoms with Crippen molar-refractivity contribution < 1.29 is 34.2 Å². The highest BCUT2D eigenvalue weighted by molar-refractivity contribution is 6.27. The van der Waals surface area contributed by atoms with Crippen LogP contribution < -0.4 is 10.8 Å². The van der Waals surface area contributed by atoms with Gasteiger partial charge in [0, 0.05) is 12.5 Å². The van der Waals surface area contributed by atoms with Crippen LogP contribution in [0.4, 0.5) is 0 Å². The summed E-state index contributed by atoms with van der Waals surface area (Å²) in [5, 5.41) is 18.2. The molecular weight excluding hydrogens is 344 g/mol. The molecule has 144 valence electrons. The summed E-state index contributed by atoms with van der Waals surface area (Å²) < 4.78 is 5.03. The average Bonchev–Trinajstić information content (AvgIpc) is 2.64. The molecule has 1 fully saturated rings. The van der Waals surface area contributed by atoms with Gasteiger partial charge in [-0.15, -0.1) is 0 Å². The van der Waals surface area contributed by atoms with E-state index in [1.54, 1.807) is 0 Å². The highest BCUT2D eigenvalue weighted by Crippen LogP contribution is 2.12. The molecule has 1 aliphatic rings. The molecule has 0 amide bonds. The Morgan fingerprint density at radius 2 is 1.92 bits per heavy atom. The Hall–Kier alpha value is -2.49. The van der Waals surface area contributed by atoms with Crippen LogP contribution in [0.2, 0.25) is 0 Å². The van der Waals surface area contributed by atoms with Crippen molar-refractivity contribution in [1.29, 1.82) is 0 Å². The number of nitrogens with one attached hydrogen (secondary N) is 2. The van der Waals surface area contributed by atoms with Gasteiger partial charge in [0.05, 0.1) is 6.61 Å². The number of carbonyl (C=O) groups excluding carboxylic acids is 1. The average molecular weight is 368 g/mol. The Morgan fingerprint density at radius 3 is 2.46 bits per heavy atom. The predicted molar refractivity (Wildman–Crippen MR) is 90.8 cm³/mol. The summed E-state index contributed by atoms with van der Waals surface area (Å²) in [5.74, 6) is -3.65. The highest BCUT2D eigenvalue weighted by atomic mass is 16.7. The summed E-state index contributed by atoms with van der Waals surface area (Å²) in [6.45, 7) is 1.94. The Kier molecular flexibility index (Phi) is 10.6. The maximum Gasteiger partial charge on any atom is 0.414 e. The second kappa shape index (κ2) is 12.8. The topological polar surface area (TPSA) is 134 Å². The van der Waals surface area contributed by atoms with Gasteiger partial charge in [0.15, 0.2) is 6.23 Å². The molecule has 2 rings (SSSR count). The molecule has 0 aromatic heterocycles. The molecular formula is C17H24N2O7. The van der Waals surface area contributed by atoms with Crippen LogP contribution in [0.5, 0.6) is 0 Å². The summed E-state index contributed by atoms with van der Waals surface area (Å²) in [4.78, 5) is 34.2. The number of carboxylic acid groups (broad SMARTS) is 2. The predicted octanol–water partition coefficient (Wildman–Crippen LogP) is 0.895. The molecule has 9 heteroatoms. The van der Waals surface area contributed by atoms with Crippen molar-refractivity contribution in [3.8, 4) is 0 Å². The third-order valence-corrected chi connectivity index (χ3v) is 3.61. The van der Waals surface area contributed by atoms with Crippen molar-refractivity contribution in [2.75, 3.05) is 6.54 Å². The first-order valence-electron chi connectivity index (χ1n) is 8.23. The number of hydrogen-bond acceptors (Lipinski definition) is 7. The van der Waals surface area contributed by atoms with Gasteiger partial charge >= 0.3 is 11.9 Å². The lowest BCUT2D eigenvalue weighted by atomic mass is 10.0. The minimum absolute atomic E-state index is 0.376. The van der Waals surface area contributed by atoms with Crippen molar-refractivity contribution in [3.05, 3.63) is 35.9 Å². The molecule has 0 radical (unpaired) electrons. The normalized spacial score (nSPS) is 17.3. The molecule has 0 bridgehead atoms. The van der Waals surface area contributed by atoms with Gasteiger partial charge in [0.1, 0.15) is 0 Å². The molecule has 0 aliphatic carbocycles. The molecule has 1 aromatic carbocycles. The van der Waals surface area contributed by atoms with Crippen molar-refractivity contribution in [3.63, 3.8) is 0 Å². The number of carboxylic acids is 2. The quantitative estimate of drug-likeness (QED) is 0.228. The monoisotopic (exact) mass is 368 g/mol. The van der Waals surface area contributed by atoms with Crippen molar-refractivity contribution in [2.24, 2.45) is 0 Å². The number of hydroxylamine groups is 1. The van der Waals surface area contributed by atoms with Gasteiger partial charge in [-0.3, -0.25) is 9.63 Å². The SMILES string of the molecule is O=C(O)C(=O)O.O=COC(CC1CCCCN1)NOCc1ccccc1. The largest absolute Gasteiger partial charge is 0.473 e. The third kappa shape index (κ3) is 9.72. The second-order valence-corrected chi connectivity index (χ2v) is 5.61. The fraction of sp³-hybridized carbons (Fsp3) is 0.471. The first-order chi connectivity index (χ1) is 12.5. The van der Waals surface area contributed by atoms with Crippen molar-refractivity contribution >= 4 is 18.4 Å². The van der Waals surface area contributed by atoms with E-state index < -0.39 is 18.2 Å². The first kappa shape index (κ1) is 21.6. The van der Waals surface area contributed by atoms with Gasteiger partial charge in [0.25, 0.3) is 6.47 Å². The lowest BCUT2D eigenvalue weighted by Gasteiger charge is -2.27. The number of aliphatic carboxylic acids is 2. The number of benzene rings is 1. The number of ether oxygens (including phenoxy) is 1. The molecule has 2 atom stereocenters. The lowest BCUT2D eigenvalue weighted by Crippen LogP contribution is -2.42. The zero-order valence-electron chi connectivity index (χ0n) is 14.3. The van der Waals surface area contributed by atoms with Gasteiger partial charge in [-0.1, -0.05) is 36.8 Å². The minimum atomic E-state index is -1.82. The Labute approximate surface area is 151 Å². The molecule has 0 spiro atoms. The summed E-state index contributed by atoms with van der Waals surface area (Å²) in [6.07, 6.45) is 3.85. The van der Waals surface area contributed by atoms with Crippen LogP contribution in [0, 0.1) is 0 Å². The highest BCUT2D eigenvalue weighted by Gasteiger charge is 2.19. The molecule has 1 saturated heterocycles. The van der Waals surface area contributed by atoms with Gasteiger partial charge in [-0.05, 0) is 24.9 Å². The number of rotatable bonds is 8. The van der Waals surface area contributed by atoms with Crippen LogP contribution in [-0.2, 0) is 30.6 Å². The number of carbonyl (C=O) groups is 3. The zero-order chi connectivity index (χ0) is 19.2. The fourth-order valence-corrected chi connectivity index (χ4v) is 2.37. The van der Waals surface area contributed by atoms with Crippen molar-refractivity contribution in [2.45, 2.75) is 44.6 Å². The van der Waals surface area contributed by atoms with Gasteiger partial charge < -0.3 is 20.3 Å². The molecule has 1 aliphatic heterocycles. The summed E-state index contributed by atoms with van der Waals surface area (Å²) in [7, 11) is 0. The van der Waals surface area contributed by atoms with E-state index in [1.807, 2.05) is 30.3 Å². The van der Waals surface area contributed by atoms with E-state index in [9.17, 15) is 4.79 Å². The smallest absolute Gasteiger partial charge is 0.414 e. The molecule has 9 nitrogen and oxygen atoms in total. The van der Waals surface area contributed by atoms with E-state index in [0.717, 1.165) is 18.5 Å². The maximum atomic E-state index is 10.6. The summed E-state index contributed by atoms with van der Waals surface area (Å²) in [6, 6.07) is 10.2. The molecule has 1 aromatic rings. The fourth-order valence-electron chi connectivity index (χ4n) is 2.37. The van der Waals surface area contributed by atoms with E-state index in [4.69, 9.17) is 29.4 Å². The lowest BCUT2D eigenvalue weighted by molar-refractivity contribution is -0.159. The van der Waals surface area contributed by atoms with Gasteiger partial charge in [0.2, 0.25) is 0 Å². The Balaban J connectivity index is 0.000000487. The van der Waals surface area contributed by atoms with Crippen LogP contribution in [0.25, 0.3) is 0 Å². The van der Waals surface area contributed by atoms with Crippen LogP contribution >= 0.6 is 0 Å². The van der Waals surface area contributed by atoms with E-state index >= 15 is 0 Å². The Morgan fingerprint density at radius 1 is 1.23 bits per heavy atom. The van der Waals surface area contributed by atoms with Crippen LogP contribution in [0.1, 0.15) is 31.2 Å². The summed E-state index contributed by atoms with van der Waals surface area (Å²) in [5.41, 5.74) is 3.89. The first-order valence-corrected chi connectivity index (χ1v) is 8.23. The van der Waals surface area contributed by atoms with E-state index in [2.05, 4.69) is 10.8 Å². The number of hydrogen-bond donors (Lipinski definition) is 4. The zero-order valence-corrected chi connectivity index (χ0v) is 14.3. The van der Waals surface area contributed by atoms with Crippen molar-refractivity contribution in [1.82, 2.24) is 10.8 Å². The molecule has 4 N–H and O–H groups in total. The van der Waals surface area contributed by atoms with Crippen LogP contribution in [0.15, 0.2) is 30.3 Å². The minimum Gasteiger partial charge on any atom is -0.473 e. The third-order valence-electron chi connectivity index (χ3n) is 3.61. The standard InChI is InChI=1S/C15H22N2O3.C2H2O4/c18-12-19-15(10-14-8-4-5-9-16-14)17-20-11-13-6-2-1-3-7-13;3-1(4)2(5)6/h1-3,6-7,12,14-17H,4-5,8-11H2;(H,3,4)(H,5,6). The summed E-state index contributed by atoms with van der Waals surface area (Å²) >= 11 is 0. The van der Waals surface area contributed by atoms with Crippen LogP contribution in [-0.4, -0.2) is 47.4 Å². The maximum absolute atomic E-state index is 10.6. The Bertz CT molecular complexity index is 535. The van der Waals surface area contributed by atoms with E-state index in [1.165, 1.54) is 12.8 Å². The number of piperidine rings is 1. The second-order valence-electron chi connectivity index (χ2n) is 5.61. The van der Waals surface area contributed by atoms with E-state index in [-0.39, 0.29) is 0 Å². The molecule has 2 unspecified atom stereocenters. The van der Waals surface area contributed by atoms with Crippen LogP contribution in [0.3, 0.4) is 0 Å². The van der Waals surface area contributed by atoms with Gasteiger partial charge in [-0.25, -0.2) is 9.59 Å².